The third-order valence-corrected chi connectivity index (χ3v) is 4.28. The van der Waals surface area contributed by atoms with Gasteiger partial charge in [0.2, 0.25) is 0 Å². The fraction of sp³-hybridized carbons (Fsp3) is 0.500. The lowest BCUT2D eigenvalue weighted by atomic mass is 9.81. The van der Waals surface area contributed by atoms with Crippen LogP contribution in [0.25, 0.3) is 11.0 Å². The highest BCUT2D eigenvalue weighted by Gasteiger charge is 2.25. The molecule has 1 N–H and O–H groups in total. The molecule has 0 aliphatic carbocycles. The SMILES string of the molecule is CC(C)C(C)(C)Cn1c(=S)[nH]c2ccc(F)c(F)c21. The zero-order chi connectivity index (χ0) is 14.4. The van der Waals surface area contributed by atoms with Crippen molar-refractivity contribution in [1.82, 2.24) is 9.55 Å². The Kier molecular flexibility index (Phi) is 3.51. The predicted molar refractivity (Wildman–Crippen MR) is 75.7 cm³/mol. The van der Waals surface area contributed by atoms with Crippen LogP contribution in [-0.4, -0.2) is 9.55 Å². The van der Waals surface area contributed by atoms with Crippen LogP contribution in [0.5, 0.6) is 0 Å². The summed E-state index contributed by atoms with van der Waals surface area (Å²) in [5.41, 5.74) is 0.689. The summed E-state index contributed by atoms with van der Waals surface area (Å²) in [6, 6.07) is 2.63. The van der Waals surface area contributed by atoms with E-state index in [9.17, 15) is 8.78 Å². The highest BCUT2D eigenvalue weighted by molar-refractivity contribution is 7.71. The zero-order valence-corrected chi connectivity index (χ0v) is 12.4. The Bertz CT molecular complexity index is 668. The van der Waals surface area contributed by atoms with Gasteiger partial charge in [-0.15, -0.1) is 0 Å². The van der Waals surface area contributed by atoms with Crippen molar-refractivity contribution < 1.29 is 8.78 Å². The summed E-state index contributed by atoms with van der Waals surface area (Å²) >= 11 is 5.23. The van der Waals surface area contributed by atoms with Crippen molar-refractivity contribution in [3.05, 3.63) is 28.5 Å². The zero-order valence-electron chi connectivity index (χ0n) is 11.6. The van der Waals surface area contributed by atoms with Crippen LogP contribution in [0.2, 0.25) is 0 Å². The van der Waals surface area contributed by atoms with E-state index in [2.05, 4.69) is 32.7 Å². The van der Waals surface area contributed by atoms with Gasteiger partial charge in [0.05, 0.1) is 5.52 Å². The molecule has 104 valence electrons. The van der Waals surface area contributed by atoms with Crippen LogP contribution in [0.15, 0.2) is 12.1 Å². The second-order valence-corrected chi connectivity index (χ2v) is 6.30. The molecule has 0 spiro atoms. The minimum Gasteiger partial charge on any atom is -0.330 e. The topological polar surface area (TPSA) is 20.7 Å². The minimum atomic E-state index is -0.849. The summed E-state index contributed by atoms with van der Waals surface area (Å²) in [7, 11) is 0. The van der Waals surface area contributed by atoms with Crippen LogP contribution >= 0.6 is 12.2 Å². The summed E-state index contributed by atoms with van der Waals surface area (Å²) in [4.78, 5) is 2.93. The van der Waals surface area contributed by atoms with Crippen LogP contribution in [0, 0.1) is 27.7 Å². The number of fused-ring (bicyclic) bond motifs is 1. The molecule has 0 bridgehead atoms. The first-order valence-corrected chi connectivity index (χ1v) is 6.71. The molecule has 0 radical (unpaired) electrons. The van der Waals surface area contributed by atoms with Crippen LogP contribution < -0.4 is 0 Å². The standard InChI is InChI=1S/C14H18F2N2S/c1-8(2)14(3,4)7-18-12-10(17-13(18)19)6-5-9(15)11(12)16/h5-6,8H,7H2,1-4H3,(H,17,19). The number of aromatic amines is 1. The highest BCUT2D eigenvalue weighted by atomic mass is 32.1. The number of benzene rings is 1. The lowest BCUT2D eigenvalue weighted by Gasteiger charge is -2.29. The van der Waals surface area contributed by atoms with Crippen LogP contribution in [0.4, 0.5) is 8.78 Å². The van der Waals surface area contributed by atoms with E-state index in [1.807, 2.05) is 0 Å². The molecule has 2 aromatic rings. The molecule has 0 atom stereocenters. The number of nitrogens with zero attached hydrogens (tertiary/aromatic N) is 1. The number of aromatic nitrogens is 2. The number of rotatable bonds is 3. The Morgan fingerprint density at radius 3 is 2.53 bits per heavy atom. The predicted octanol–water partition coefficient (Wildman–Crippen LogP) is 4.66. The average molecular weight is 284 g/mol. The maximum atomic E-state index is 14.0. The van der Waals surface area contributed by atoms with E-state index in [0.717, 1.165) is 6.07 Å². The van der Waals surface area contributed by atoms with Gasteiger partial charge >= 0.3 is 0 Å². The molecule has 0 fully saturated rings. The Morgan fingerprint density at radius 1 is 1.32 bits per heavy atom. The van der Waals surface area contributed by atoms with E-state index in [4.69, 9.17) is 12.2 Å². The molecule has 2 rings (SSSR count). The molecule has 0 saturated carbocycles. The second-order valence-electron chi connectivity index (χ2n) is 5.92. The summed E-state index contributed by atoms with van der Waals surface area (Å²) < 4.78 is 29.5. The molecule has 1 aromatic carbocycles. The fourth-order valence-electron chi connectivity index (χ4n) is 1.93. The first-order valence-electron chi connectivity index (χ1n) is 6.30. The maximum Gasteiger partial charge on any atom is 0.184 e. The average Bonchev–Trinajstić information content (AvgIpc) is 2.61. The van der Waals surface area contributed by atoms with Crippen molar-refractivity contribution in [2.24, 2.45) is 11.3 Å². The number of hydrogen-bond donors (Lipinski definition) is 1. The first kappa shape index (κ1) is 14.2. The summed E-state index contributed by atoms with van der Waals surface area (Å²) in [5.74, 6) is -1.29. The van der Waals surface area contributed by atoms with Gasteiger partial charge < -0.3 is 9.55 Å². The van der Waals surface area contributed by atoms with Crippen LogP contribution in [0.3, 0.4) is 0 Å². The monoisotopic (exact) mass is 284 g/mol. The van der Waals surface area contributed by atoms with Gasteiger partial charge in [0.25, 0.3) is 0 Å². The molecule has 5 heteroatoms. The molecule has 2 nitrogen and oxygen atoms in total. The Morgan fingerprint density at radius 2 is 1.95 bits per heavy atom. The van der Waals surface area contributed by atoms with Gasteiger partial charge in [-0.3, -0.25) is 0 Å². The van der Waals surface area contributed by atoms with Gasteiger partial charge in [-0.2, -0.15) is 0 Å². The van der Waals surface area contributed by atoms with Crippen LogP contribution in [-0.2, 0) is 6.54 Å². The Hall–Kier alpha value is -1.23. The van der Waals surface area contributed by atoms with E-state index in [1.165, 1.54) is 6.07 Å². The molecule has 1 aromatic heterocycles. The summed E-state index contributed by atoms with van der Waals surface area (Å²) in [6.45, 7) is 8.94. The maximum absolute atomic E-state index is 14.0. The van der Waals surface area contributed by atoms with Gasteiger partial charge in [0.1, 0.15) is 5.52 Å². The largest absolute Gasteiger partial charge is 0.330 e. The quantitative estimate of drug-likeness (QED) is 0.813. The van der Waals surface area contributed by atoms with Gasteiger partial charge in [-0.25, -0.2) is 8.78 Å². The highest BCUT2D eigenvalue weighted by Crippen LogP contribution is 2.31. The molecule has 0 saturated heterocycles. The lowest BCUT2D eigenvalue weighted by Crippen LogP contribution is -2.25. The van der Waals surface area contributed by atoms with E-state index in [0.29, 0.717) is 22.8 Å². The third-order valence-electron chi connectivity index (χ3n) is 3.95. The Labute approximate surface area is 116 Å². The van der Waals surface area contributed by atoms with Crippen molar-refractivity contribution in [3.8, 4) is 0 Å². The molecule has 0 aliphatic heterocycles. The van der Waals surface area contributed by atoms with Gasteiger partial charge in [0.15, 0.2) is 16.4 Å². The minimum absolute atomic E-state index is 0.0634. The fourth-order valence-corrected chi connectivity index (χ4v) is 2.20. The number of nitrogens with one attached hydrogen (secondary N) is 1. The van der Waals surface area contributed by atoms with Crippen molar-refractivity contribution in [2.45, 2.75) is 34.2 Å². The van der Waals surface area contributed by atoms with Crippen molar-refractivity contribution >= 4 is 23.3 Å². The van der Waals surface area contributed by atoms with Crippen molar-refractivity contribution in [2.75, 3.05) is 0 Å². The van der Waals surface area contributed by atoms with Crippen molar-refractivity contribution in [3.63, 3.8) is 0 Å². The summed E-state index contributed by atoms with van der Waals surface area (Å²) in [6.07, 6.45) is 0. The van der Waals surface area contributed by atoms with E-state index in [1.54, 1.807) is 4.57 Å². The Balaban J connectivity index is 2.64. The third kappa shape index (κ3) is 2.43. The number of imidazole rings is 1. The molecular weight excluding hydrogens is 266 g/mol. The summed E-state index contributed by atoms with van der Waals surface area (Å²) in [5, 5.41) is 0. The molecule has 1 heterocycles. The molecule has 0 aliphatic rings. The molecular formula is C14H18F2N2S. The van der Waals surface area contributed by atoms with E-state index in [-0.39, 0.29) is 10.9 Å². The smallest absolute Gasteiger partial charge is 0.184 e. The first-order chi connectivity index (χ1) is 8.74. The normalized spacial score (nSPS) is 12.6. The van der Waals surface area contributed by atoms with Gasteiger partial charge in [-0.05, 0) is 35.7 Å². The molecule has 0 amide bonds. The van der Waals surface area contributed by atoms with Crippen molar-refractivity contribution in [1.29, 1.82) is 0 Å². The number of H-pyrrole nitrogens is 1. The van der Waals surface area contributed by atoms with Gasteiger partial charge in [0, 0.05) is 6.54 Å². The number of hydrogen-bond acceptors (Lipinski definition) is 1. The molecule has 19 heavy (non-hydrogen) atoms. The second kappa shape index (κ2) is 4.71. The number of halogens is 2. The molecule has 0 unspecified atom stereocenters. The van der Waals surface area contributed by atoms with Crippen LogP contribution in [0.1, 0.15) is 27.7 Å². The van der Waals surface area contributed by atoms with E-state index >= 15 is 0 Å². The lowest BCUT2D eigenvalue weighted by molar-refractivity contribution is 0.211. The van der Waals surface area contributed by atoms with Gasteiger partial charge in [-0.1, -0.05) is 27.7 Å². The van der Waals surface area contributed by atoms with E-state index < -0.39 is 11.6 Å².